The van der Waals surface area contributed by atoms with E-state index < -0.39 is 0 Å². The molecule has 21 heavy (non-hydrogen) atoms. The van der Waals surface area contributed by atoms with Crippen LogP contribution >= 0.6 is 11.3 Å². The van der Waals surface area contributed by atoms with Crippen LogP contribution in [0.4, 0.5) is 5.82 Å². The van der Waals surface area contributed by atoms with Gasteiger partial charge in [-0.25, -0.2) is 9.97 Å². The fourth-order valence-electron chi connectivity index (χ4n) is 2.34. The number of aryl methyl sites for hydroxylation is 1. The van der Waals surface area contributed by atoms with Gasteiger partial charge >= 0.3 is 0 Å². The van der Waals surface area contributed by atoms with Gasteiger partial charge in [0.2, 0.25) is 0 Å². The van der Waals surface area contributed by atoms with Crippen LogP contribution in [0.25, 0.3) is 10.2 Å². The highest BCUT2D eigenvalue weighted by Crippen LogP contribution is 2.26. The number of thiophene rings is 1. The van der Waals surface area contributed by atoms with Crippen molar-refractivity contribution in [1.29, 1.82) is 0 Å². The molecule has 0 atom stereocenters. The first-order chi connectivity index (χ1) is 10.3. The summed E-state index contributed by atoms with van der Waals surface area (Å²) in [7, 11) is 0. The Labute approximate surface area is 129 Å². The molecule has 0 unspecified atom stereocenters. The van der Waals surface area contributed by atoms with Gasteiger partial charge in [-0.15, -0.1) is 11.3 Å². The molecule has 3 rings (SSSR count). The highest BCUT2D eigenvalue weighted by Gasteiger charge is 2.09. The summed E-state index contributed by atoms with van der Waals surface area (Å²) in [6.07, 6.45) is 1.87. The summed E-state index contributed by atoms with van der Waals surface area (Å²) >= 11 is 1.67. The molecule has 0 saturated carbocycles. The predicted octanol–water partition coefficient (Wildman–Crippen LogP) is 4.41. The Balaban J connectivity index is 1.97. The fourth-order valence-corrected chi connectivity index (χ4v) is 3.12. The summed E-state index contributed by atoms with van der Waals surface area (Å²) in [5.74, 6) is 1.85. The second kappa shape index (κ2) is 6.22. The van der Waals surface area contributed by atoms with Crippen molar-refractivity contribution < 1.29 is 0 Å². The molecule has 0 fully saturated rings. The number of hydrogen-bond donors (Lipinski definition) is 1. The standard InChI is InChI=1S/C17H19N3S/c1-3-9-18-16-14-8-10-21-17(14)20-15(19-16)11-13-7-5-4-6-12(13)2/h4-8,10H,3,9,11H2,1-2H3,(H,18,19,20). The predicted molar refractivity (Wildman–Crippen MR) is 90.2 cm³/mol. The van der Waals surface area contributed by atoms with Crippen molar-refractivity contribution >= 4 is 27.4 Å². The number of nitrogens with zero attached hydrogens (tertiary/aromatic N) is 2. The lowest BCUT2D eigenvalue weighted by molar-refractivity contribution is 0.945. The van der Waals surface area contributed by atoms with E-state index in [0.717, 1.165) is 41.2 Å². The maximum absolute atomic E-state index is 4.73. The van der Waals surface area contributed by atoms with Crippen molar-refractivity contribution in [1.82, 2.24) is 9.97 Å². The number of fused-ring (bicyclic) bond motifs is 1. The summed E-state index contributed by atoms with van der Waals surface area (Å²) in [6.45, 7) is 5.23. The van der Waals surface area contributed by atoms with E-state index >= 15 is 0 Å². The topological polar surface area (TPSA) is 37.8 Å². The Bertz CT molecular complexity index is 749. The van der Waals surface area contributed by atoms with Crippen molar-refractivity contribution in [3.05, 3.63) is 52.7 Å². The largest absolute Gasteiger partial charge is 0.369 e. The highest BCUT2D eigenvalue weighted by atomic mass is 32.1. The van der Waals surface area contributed by atoms with Crippen molar-refractivity contribution in [3.8, 4) is 0 Å². The highest BCUT2D eigenvalue weighted by molar-refractivity contribution is 7.16. The molecule has 3 nitrogen and oxygen atoms in total. The lowest BCUT2D eigenvalue weighted by Gasteiger charge is -2.09. The van der Waals surface area contributed by atoms with Gasteiger partial charge < -0.3 is 5.32 Å². The SMILES string of the molecule is CCCNc1nc(Cc2ccccc2C)nc2sccc12. The molecule has 0 spiro atoms. The Kier molecular flexibility index (Phi) is 4.15. The number of nitrogens with one attached hydrogen (secondary N) is 1. The van der Waals surface area contributed by atoms with E-state index in [1.165, 1.54) is 11.1 Å². The van der Waals surface area contributed by atoms with E-state index in [1.54, 1.807) is 11.3 Å². The molecule has 0 aliphatic heterocycles. The average Bonchev–Trinajstić information content (AvgIpc) is 2.95. The van der Waals surface area contributed by atoms with Crippen molar-refractivity contribution in [3.63, 3.8) is 0 Å². The number of benzene rings is 1. The van der Waals surface area contributed by atoms with Crippen molar-refractivity contribution in [2.24, 2.45) is 0 Å². The lowest BCUT2D eigenvalue weighted by atomic mass is 10.1. The van der Waals surface area contributed by atoms with Gasteiger partial charge in [0.05, 0.1) is 5.39 Å². The molecule has 0 amide bonds. The first-order valence-corrected chi connectivity index (χ1v) is 8.18. The summed E-state index contributed by atoms with van der Waals surface area (Å²) in [5, 5.41) is 6.62. The Morgan fingerprint density at radius 2 is 2.00 bits per heavy atom. The van der Waals surface area contributed by atoms with Crippen LogP contribution in [0.5, 0.6) is 0 Å². The van der Waals surface area contributed by atoms with Gasteiger partial charge in [0.25, 0.3) is 0 Å². The molecule has 0 aliphatic carbocycles. The quantitative estimate of drug-likeness (QED) is 0.758. The molecule has 1 N–H and O–H groups in total. The molecule has 0 bridgehead atoms. The third kappa shape index (κ3) is 3.05. The minimum absolute atomic E-state index is 0.779. The van der Waals surface area contributed by atoms with Crippen LogP contribution in [0.3, 0.4) is 0 Å². The number of anilines is 1. The lowest BCUT2D eigenvalue weighted by Crippen LogP contribution is -2.06. The Morgan fingerprint density at radius 1 is 1.14 bits per heavy atom. The summed E-state index contributed by atoms with van der Waals surface area (Å²) in [6, 6.07) is 10.5. The molecule has 4 heteroatoms. The van der Waals surface area contributed by atoms with Crippen LogP contribution in [0.1, 0.15) is 30.3 Å². The second-order valence-electron chi connectivity index (χ2n) is 5.16. The normalized spacial score (nSPS) is 11.0. The zero-order chi connectivity index (χ0) is 14.7. The van der Waals surface area contributed by atoms with E-state index in [0.29, 0.717) is 0 Å². The van der Waals surface area contributed by atoms with Gasteiger partial charge in [-0.3, -0.25) is 0 Å². The van der Waals surface area contributed by atoms with Crippen LogP contribution in [0.2, 0.25) is 0 Å². The van der Waals surface area contributed by atoms with Gasteiger partial charge in [-0.2, -0.15) is 0 Å². The Morgan fingerprint density at radius 3 is 2.81 bits per heavy atom. The first kappa shape index (κ1) is 14.0. The summed E-state index contributed by atoms with van der Waals surface area (Å²) < 4.78 is 0. The van der Waals surface area contributed by atoms with Crippen molar-refractivity contribution in [2.75, 3.05) is 11.9 Å². The van der Waals surface area contributed by atoms with Gasteiger partial charge in [0.1, 0.15) is 16.5 Å². The number of rotatable bonds is 5. The van der Waals surface area contributed by atoms with Gasteiger partial charge in [0.15, 0.2) is 0 Å². The summed E-state index contributed by atoms with van der Waals surface area (Å²) in [5.41, 5.74) is 2.57. The molecular formula is C17H19N3S. The van der Waals surface area contributed by atoms with E-state index in [2.05, 4.69) is 54.9 Å². The van der Waals surface area contributed by atoms with Crippen LogP contribution in [-0.4, -0.2) is 16.5 Å². The van der Waals surface area contributed by atoms with Crippen LogP contribution < -0.4 is 5.32 Å². The van der Waals surface area contributed by atoms with E-state index in [1.807, 2.05) is 0 Å². The molecule has 2 heterocycles. The molecule has 1 aromatic carbocycles. The smallest absolute Gasteiger partial charge is 0.138 e. The van der Waals surface area contributed by atoms with E-state index in [9.17, 15) is 0 Å². The van der Waals surface area contributed by atoms with Gasteiger partial charge in [0, 0.05) is 13.0 Å². The molecule has 3 aromatic rings. The van der Waals surface area contributed by atoms with E-state index in [4.69, 9.17) is 9.97 Å². The minimum atomic E-state index is 0.779. The number of hydrogen-bond acceptors (Lipinski definition) is 4. The van der Waals surface area contributed by atoms with Crippen LogP contribution in [0.15, 0.2) is 35.7 Å². The average molecular weight is 297 g/mol. The third-order valence-corrected chi connectivity index (χ3v) is 4.33. The minimum Gasteiger partial charge on any atom is -0.369 e. The van der Waals surface area contributed by atoms with Crippen LogP contribution in [-0.2, 0) is 6.42 Å². The van der Waals surface area contributed by atoms with E-state index in [-0.39, 0.29) is 0 Å². The van der Waals surface area contributed by atoms with Crippen molar-refractivity contribution in [2.45, 2.75) is 26.7 Å². The fraction of sp³-hybridized carbons (Fsp3) is 0.294. The van der Waals surface area contributed by atoms with Crippen LogP contribution in [0, 0.1) is 6.92 Å². The van der Waals surface area contributed by atoms with Gasteiger partial charge in [-0.1, -0.05) is 31.2 Å². The zero-order valence-corrected chi connectivity index (χ0v) is 13.2. The Hall–Kier alpha value is -1.94. The number of aromatic nitrogens is 2. The molecule has 0 radical (unpaired) electrons. The molecular weight excluding hydrogens is 278 g/mol. The second-order valence-corrected chi connectivity index (χ2v) is 6.05. The maximum atomic E-state index is 4.73. The molecule has 108 valence electrons. The molecule has 0 saturated heterocycles. The van der Waals surface area contributed by atoms with Gasteiger partial charge in [-0.05, 0) is 35.9 Å². The third-order valence-electron chi connectivity index (χ3n) is 3.52. The zero-order valence-electron chi connectivity index (χ0n) is 12.4. The molecule has 2 aromatic heterocycles. The first-order valence-electron chi connectivity index (χ1n) is 7.30. The molecule has 0 aliphatic rings. The summed E-state index contributed by atoms with van der Waals surface area (Å²) in [4.78, 5) is 10.5. The monoisotopic (exact) mass is 297 g/mol. The maximum Gasteiger partial charge on any atom is 0.138 e.